The molecule has 1 fully saturated rings. The highest BCUT2D eigenvalue weighted by atomic mass is 35.5. The van der Waals surface area contributed by atoms with Crippen LogP contribution in [0.2, 0.25) is 5.02 Å². The van der Waals surface area contributed by atoms with Crippen molar-refractivity contribution in [1.82, 2.24) is 4.90 Å². The Kier molecular flexibility index (Phi) is 5.84. The highest BCUT2D eigenvalue weighted by molar-refractivity contribution is 6.30. The third-order valence-electron chi connectivity index (χ3n) is 4.62. The zero-order valence-corrected chi connectivity index (χ0v) is 15.7. The van der Waals surface area contributed by atoms with Gasteiger partial charge in [-0.15, -0.1) is 0 Å². The highest BCUT2D eigenvalue weighted by Crippen LogP contribution is 2.38. The molecular weight excluding hydrogens is 350 g/mol. The fourth-order valence-electron chi connectivity index (χ4n) is 3.28. The molecule has 1 saturated heterocycles. The predicted molar refractivity (Wildman–Crippen MR) is 104 cm³/mol. The van der Waals surface area contributed by atoms with Crippen LogP contribution in [-0.2, 0) is 4.79 Å². The van der Waals surface area contributed by atoms with Gasteiger partial charge in [-0.3, -0.25) is 4.79 Å². The van der Waals surface area contributed by atoms with Crippen LogP contribution >= 0.6 is 11.6 Å². The van der Waals surface area contributed by atoms with Crippen molar-refractivity contribution < 1.29 is 14.3 Å². The third-order valence-corrected chi connectivity index (χ3v) is 4.88. The second-order valence-electron chi connectivity index (χ2n) is 6.18. The summed E-state index contributed by atoms with van der Waals surface area (Å²) < 4.78 is 10.8. The molecule has 2 aromatic carbocycles. The van der Waals surface area contributed by atoms with E-state index in [1.165, 1.54) is 0 Å². The SMILES string of the molecule is COc1ccc([C@H]2CCCN2C(=O)/C=C/c2ccc(Cl)cc2)c(OC)c1. The summed E-state index contributed by atoms with van der Waals surface area (Å²) in [5.41, 5.74) is 1.96. The van der Waals surface area contributed by atoms with Gasteiger partial charge in [0.2, 0.25) is 5.91 Å². The standard InChI is InChI=1S/C21H22ClNO3/c1-25-17-10-11-18(20(14-17)26-2)19-4-3-13-23(19)21(24)12-7-15-5-8-16(22)9-6-15/h5-12,14,19H,3-4,13H2,1-2H3/b12-7+/t19-/m1/s1. The summed E-state index contributed by atoms with van der Waals surface area (Å²) in [7, 11) is 3.27. The lowest BCUT2D eigenvalue weighted by Gasteiger charge is -2.25. The number of methoxy groups -OCH3 is 2. The summed E-state index contributed by atoms with van der Waals surface area (Å²) in [6.45, 7) is 0.740. The normalized spacial score (nSPS) is 16.9. The van der Waals surface area contributed by atoms with Crippen molar-refractivity contribution in [2.75, 3.05) is 20.8 Å². The van der Waals surface area contributed by atoms with Gasteiger partial charge < -0.3 is 14.4 Å². The second-order valence-corrected chi connectivity index (χ2v) is 6.62. The molecule has 1 aliphatic heterocycles. The lowest BCUT2D eigenvalue weighted by molar-refractivity contribution is -0.126. The maximum absolute atomic E-state index is 12.7. The van der Waals surface area contributed by atoms with Gasteiger partial charge in [0.25, 0.3) is 0 Å². The third kappa shape index (κ3) is 4.02. The minimum atomic E-state index is 0.000297. The van der Waals surface area contributed by atoms with Crippen molar-refractivity contribution in [3.8, 4) is 11.5 Å². The fraction of sp³-hybridized carbons (Fsp3) is 0.286. The average molecular weight is 372 g/mol. The zero-order chi connectivity index (χ0) is 18.5. The van der Waals surface area contributed by atoms with Gasteiger partial charge in [0.05, 0.1) is 20.3 Å². The molecule has 0 radical (unpaired) electrons. The summed E-state index contributed by atoms with van der Waals surface area (Å²) in [5, 5.41) is 0.680. The number of hydrogen-bond donors (Lipinski definition) is 0. The van der Waals surface area contributed by atoms with E-state index in [1.54, 1.807) is 20.3 Å². The van der Waals surface area contributed by atoms with Crippen LogP contribution in [0.1, 0.15) is 30.0 Å². The molecule has 2 aromatic rings. The topological polar surface area (TPSA) is 38.8 Å². The number of ether oxygens (including phenoxy) is 2. The Bertz CT molecular complexity index is 801. The predicted octanol–water partition coefficient (Wildman–Crippen LogP) is 4.73. The molecular formula is C21H22ClNO3. The van der Waals surface area contributed by atoms with Gasteiger partial charge in [0.1, 0.15) is 11.5 Å². The molecule has 0 aliphatic carbocycles. The Hall–Kier alpha value is -2.46. The molecule has 0 N–H and O–H groups in total. The first-order chi connectivity index (χ1) is 12.6. The molecule has 0 saturated carbocycles. The summed E-state index contributed by atoms with van der Waals surface area (Å²) in [4.78, 5) is 14.6. The van der Waals surface area contributed by atoms with Crippen LogP contribution in [0, 0.1) is 0 Å². The number of halogens is 1. The number of carbonyl (C=O) groups is 1. The molecule has 1 heterocycles. The number of amides is 1. The molecule has 136 valence electrons. The van der Waals surface area contributed by atoms with Crippen LogP contribution < -0.4 is 9.47 Å². The summed E-state index contributed by atoms with van der Waals surface area (Å²) in [6.07, 6.45) is 5.33. The van der Waals surface area contributed by atoms with E-state index in [0.717, 1.165) is 42.0 Å². The molecule has 0 spiro atoms. The summed E-state index contributed by atoms with van der Waals surface area (Å²) >= 11 is 5.90. The first kappa shape index (κ1) is 18.3. The average Bonchev–Trinajstić information content (AvgIpc) is 3.16. The molecule has 4 nitrogen and oxygen atoms in total. The van der Waals surface area contributed by atoms with Crippen molar-refractivity contribution in [1.29, 1.82) is 0 Å². The van der Waals surface area contributed by atoms with Gasteiger partial charge in [-0.25, -0.2) is 0 Å². The summed E-state index contributed by atoms with van der Waals surface area (Å²) in [6, 6.07) is 13.2. The van der Waals surface area contributed by atoms with Crippen LogP contribution in [0.4, 0.5) is 0 Å². The number of benzene rings is 2. The lowest BCUT2D eigenvalue weighted by Crippen LogP contribution is -2.29. The van der Waals surface area contributed by atoms with Crippen LogP contribution in [0.25, 0.3) is 6.08 Å². The van der Waals surface area contributed by atoms with Crippen molar-refractivity contribution >= 4 is 23.6 Å². The zero-order valence-electron chi connectivity index (χ0n) is 14.9. The fourth-order valence-corrected chi connectivity index (χ4v) is 3.41. The monoisotopic (exact) mass is 371 g/mol. The van der Waals surface area contributed by atoms with E-state index in [0.29, 0.717) is 5.02 Å². The van der Waals surface area contributed by atoms with Gasteiger partial charge in [-0.1, -0.05) is 23.7 Å². The number of hydrogen-bond acceptors (Lipinski definition) is 3. The molecule has 0 bridgehead atoms. The molecule has 1 aliphatic rings. The quantitative estimate of drug-likeness (QED) is 0.713. The minimum Gasteiger partial charge on any atom is -0.497 e. The Labute approximate surface area is 159 Å². The van der Waals surface area contributed by atoms with Crippen molar-refractivity contribution in [2.24, 2.45) is 0 Å². The van der Waals surface area contributed by atoms with Crippen LogP contribution in [0.15, 0.2) is 48.5 Å². The van der Waals surface area contributed by atoms with E-state index in [-0.39, 0.29) is 11.9 Å². The maximum atomic E-state index is 12.7. The Morgan fingerprint density at radius 3 is 2.62 bits per heavy atom. The van der Waals surface area contributed by atoms with Crippen LogP contribution in [0.5, 0.6) is 11.5 Å². The second kappa shape index (κ2) is 8.28. The molecule has 0 unspecified atom stereocenters. The molecule has 5 heteroatoms. The molecule has 3 rings (SSSR count). The van der Waals surface area contributed by atoms with Gasteiger partial charge in [0.15, 0.2) is 0 Å². The maximum Gasteiger partial charge on any atom is 0.247 e. The number of rotatable bonds is 5. The first-order valence-corrected chi connectivity index (χ1v) is 8.96. The van der Waals surface area contributed by atoms with Crippen LogP contribution in [0.3, 0.4) is 0 Å². The van der Waals surface area contributed by atoms with Gasteiger partial charge in [-0.2, -0.15) is 0 Å². The van der Waals surface area contributed by atoms with E-state index >= 15 is 0 Å². The van der Waals surface area contributed by atoms with E-state index in [1.807, 2.05) is 53.4 Å². The van der Waals surface area contributed by atoms with Crippen molar-refractivity contribution in [3.63, 3.8) is 0 Å². The van der Waals surface area contributed by atoms with Crippen molar-refractivity contribution in [2.45, 2.75) is 18.9 Å². The highest BCUT2D eigenvalue weighted by Gasteiger charge is 2.30. The van der Waals surface area contributed by atoms with E-state index in [4.69, 9.17) is 21.1 Å². The minimum absolute atomic E-state index is 0.000297. The molecule has 26 heavy (non-hydrogen) atoms. The molecule has 1 atom stereocenters. The molecule has 0 aromatic heterocycles. The Morgan fingerprint density at radius 1 is 1.15 bits per heavy atom. The largest absolute Gasteiger partial charge is 0.497 e. The Morgan fingerprint density at radius 2 is 1.92 bits per heavy atom. The van der Waals surface area contributed by atoms with Crippen LogP contribution in [-0.4, -0.2) is 31.6 Å². The van der Waals surface area contributed by atoms with Gasteiger partial charge in [-0.05, 0) is 48.7 Å². The molecule has 1 amide bonds. The van der Waals surface area contributed by atoms with E-state index in [2.05, 4.69) is 0 Å². The Balaban J connectivity index is 1.79. The van der Waals surface area contributed by atoms with Gasteiger partial charge >= 0.3 is 0 Å². The number of carbonyl (C=O) groups excluding carboxylic acids is 1. The first-order valence-electron chi connectivity index (χ1n) is 8.58. The number of nitrogens with zero attached hydrogens (tertiary/aromatic N) is 1. The lowest BCUT2D eigenvalue weighted by atomic mass is 10.0. The van der Waals surface area contributed by atoms with Gasteiger partial charge in [0, 0.05) is 29.3 Å². The van der Waals surface area contributed by atoms with E-state index < -0.39 is 0 Å². The van der Waals surface area contributed by atoms with E-state index in [9.17, 15) is 4.79 Å². The van der Waals surface area contributed by atoms with Crippen molar-refractivity contribution in [3.05, 3.63) is 64.7 Å². The summed E-state index contributed by atoms with van der Waals surface area (Å²) in [5.74, 6) is 1.49. The smallest absolute Gasteiger partial charge is 0.247 e. The number of likely N-dealkylation sites (tertiary alicyclic amines) is 1.